The highest BCUT2D eigenvalue weighted by atomic mass is 32.2. The van der Waals surface area contributed by atoms with Crippen LogP contribution in [0.25, 0.3) is 0 Å². The molecule has 0 aliphatic carbocycles. The molecule has 0 bridgehead atoms. The van der Waals surface area contributed by atoms with Crippen molar-refractivity contribution in [2.45, 2.75) is 45.1 Å². The van der Waals surface area contributed by atoms with E-state index in [0.29, 0.717) is 10.9 Å². The van der Waals surface area contributed by atoms with E-state index in [1.165, 1.54) is 23.9 Å². The Hall–Kier alpha value is -0.610. The molecule has 0 fully saturated rings. The summed E-state index contributed by atoms with van der Waals surface area (Å²) in [7, 11) is 0. The summed E-state index contributed by atoms with van der Waals surface area (Å²) in [6.45, 7) is 9.58. The van der Waals surface area contributed by atoms with Crippen molar-refractivity contribution in [2.24, 2.45) is 5.41 Å². The Morgan fingerprint density at radius 1 is 1.26 bits per heavy atom. The van der Waals surface area contributed by atoms with Crippen molar-refractivity contribution in [2.75, 3.05) is 12.3 Å². The summed E-state index contributed by atoms with van der Waals surface area (Å²) >= 11 is 1.44. The molecule has 0 aliphatic heterocycles. The zero-order chi connectivity index (χ0) is 14.5. The molecule has 0 radical (unpaired) electrons. The molecule has 0 aliphatic rings. The van der Waals surface area contributed by atoms with Gasteiger partial charge in [0.2, 0.25) is 0 Å². The van der Waals surface area contributed by atoms with E-state index in [2.05, 4.69) is 33.0 Å². The molecule has 0 spiro atoms. The van der Waals surface area contributed by atoms with E-state index < -0.39 is 11.6 Å². The van der Waals surface area contributed by atoms with Crippen LogP contribution in [0.15, 0.2) is 23.1 Å². The second-order valence-electron chi connectivity index (χ2n) is 5.76. The van der Waals surface area contributed by atoms with Gasteiger partial charge in [0.15, 0.2) is 0 Å². The van der Waals surface area contributed by atoms with Crippen LogP contribution < -0.4 is 5.32 Å². The standard InChI is InChI=1S/C15H23F2NS/c1-5-8-18-14(15(2,3)4)10-19-13-7-6-11(16)9-12(13)17/h6-7,9,14,18H,5,8,10H2,1-4H3. The highest BCUT2D eigenvalue weighted by Crippen LogP contribution is 2.28. The molecular formula is C15H23F2NS. The molecule has 1 N–H and O–H groups in total. The average Bonchev–Trinajstić information content (AvgIpc) is 2.29. The van der Waals surface area contributed by atoms with E-state index in [-0.39, 0.29) is 5.41 Å². The van der Waals surface area contributed by atoms with Crippen LogP contribution in [0, 0.1) is 17.0 Å². The SMILES string of the molecule is CCCNC(CSc1ccc(F)cc1F)C(C)(C)C. The third kappa shape index (κ3) is 5.49. The first kappa shape index (κ1) is 16.4. The molecule has 108 valence electrons. The number of rotatable bonds is 6. The van der Waals surface area contributed by atoms with Crippen molar-refractivity contribution in [3.8, 4) is 0 Å². The van der Waals surface area contributed by atoms with E-state index in [4.69, 9.17) is 0 Å². The zero-order valence-corrected chi connectivity index (χ0v) is 12.9. The van der Waals surface area contributed by atoms with Gasteiger partial charge in [-0.3, -0.25) is 0 Å². The Morgan fingerprint density at radius 3 is 2.47 bits per heavy atom. The minimum absolute atomic E-state index is 0.110. The number of thioether (sulfide) groups is 1. The van der Waals surface area contributed by atoms with Crippen molar-refractivity contribution >= 4 is 11.8 Å². The van der Waals surface area contributed by atoms with Gasteiger partial charge in [-0.2, -0.15) is 0 Å². The first-order chi connectivity index (χ1) is 8.84. The van der Waals surface area contributed by atoms with E-state index in [1.807, 2.05) is 0 Å². The third-order valence-corrected chi connectivity index (χ3v) is 4.13. The van der Waals surface area contributed by atoms with Crippen molar-refractivity contribution in [3.05, 3.63) is 29.8 Å². The minimum atomic E-state index is -0.529. The maximum absolute atomic E-state index is 13.6. The van der Waals surface area contributed by atoms with E-state index in [1.54, 1.807) is 0 Å². The molecule has 1 aromatic carbocycles. The molecule has 1 atom stereocenters. The Bertz CT molecular complexity index is 402. The molecule has 1 rings (SSSR count). The highest BCUT2D eigenvalue weighted by Gasteiger charge is 2.24. The zero-order valence-electron chi connectivity index (χ0n) is 12.1. The van der Waals surface area contributed by atoms with Crippen LogP contribution in [0.1, 0.15) is 34.1 Å². The van der Waals surface area contributed by atoms with Gasteiger partial charge in [-0.25, -0.2) is 8.78 Å². The molecule has 0 saturated heterocycles. The fraction of sp³-hybridized carbons (Fsp3) is 0.600. The maximum Gasteiger partial charge on any atom is 0.139 e. The van der Waals surface area contributed by atoms with Crippen molar-refractivity contribution in [1.82, 2.24) is 5.32 Å². The van der Waals surface area contributed by atoms with E-state index in [0.717, 1.165) is 24.8 Å². The lowest BCUT2D eigenvalue weighted by molar-refractivity contribution is 0.292. The number of hydrogen-bond acceptors (Lipinski definition) is 2. The quantitative estimate of drug-likeness (QED) is 0.775. The van der Waals surface area contributed by atoms with Gasteiger partial charge < -0.3 is 5.32 Å². The van der Waals surface area contributed by atoms with Crippen LogP contribution in [0.5, 0.6) is 0 Å². The minimum Gasteiger partial charge on any atom is -0.313 e. The molecule has 0 saturated carbocycles. The van der Waals surface area contributed by atoms with Crippen molar-refractivity contribution < 1.29 is 8.78 Å². The highest BCUT2D eigenvalue weighted by molar-refractivity contribution is 7.99. The molecular weight excluding hydrogens is 264 g/mol. The topological polar surface area (TPSA) is 12.0 Å². The smallest absolute Gasteiger partial charge is 0.139 e. The summed E-state index contributed by atoms with van der Waals surface area (Å²) in [4.78, 5) is 0.508. The second-order valence-corrected chi connectivity index (χ2v) is 6.82. The first-order valence-electron chi connectivity index (χ1n) is 6.66. The van der Waals surface area contributed by atoms with Gasteiger partial charge in [-0.15, -0.1) is 11.8 Å². The molecule has 19 heavy (non-hydrogen) atoms. The molecule has 4 heteroatoms. The summed E-state index contributed by atoms with van der Waals surface area (Å²) in [5, 5.41) is 3.49. The van der Waals surface area contributed by atoms with Gasteiger partial charge in [0, 0.05) is 22.8 Å². The predicted molar refractivity (Wildman–Crippen MR) is 78.6 cm³/mol. The van der Waals surface area contributed by atoms with Gasteiger partial charge in [0.05, 0.1) is 0 Å². The summed E-state index contributed by atoms with van der Waals surface area (Å²) < 4.78 is 26.4. The number of benzene rings is 1. The van der Waals surface area contributed by atoms with Crippen LogP contribution >= 0.6 is 11.8 Å². The Morgan fingerprint density at radius 2 is 1.95 bits per heavy atom. The summed E-state index contributed by atoms with van der Waals surface area (Å²) in [6.07, 6.45) is 1.07. The Labute approximate surface area is 119 Å². The largest absolute Gasteiger partial charge is 0.313 e. The van der Waals surface area contributed by atoms with Gasteiger partial charge in [0.1, 0.15) is 11.6 Å². The molecule has 1 unspecified atom stereocenters. The summed E-state index contributed by atoms with van der Waals surface area (Å²) in [5.74, 6) is -0.238. The summed E-state index contributed by atoms with van der Waals surface area (Å²) in [5.41, 5.74) is 0.110. The average molecular weight is 287 g/mol. The second kappa shape index (κ2) is 7.25. The van der Waals surface area contributed by atoms with Crippen LogP contribution in [-0.2, 0) is 0 Å². The molecule has 0 aromatic heterocycles. The predicted octanol–water partition coefficient (Wildman–Crippen LogP) is 4.47. The Balaban J connectivity index is 2.65. The van der Waals surface area contributed by atoms with Gasteiger partial charge >= 0.3 is 0 Å². The maximum atomic E-state index is 13.6. The lowest BCUT2D eigenvalue weighted by Gasteiger charge is -2.31. The third-order valence-electron chi connectivity index (χ3n) is 2.99. The fourth-order valence-corrected chi connectivity index (χ4v) is 3.02. The number of hydrogen-bond donors (Lipinski definition) is 1. The van der Waals surface area contributed by atoms with Crippen LogP contribution in [-0.4, -0.2) is 18.3 Å². The molecule has 1 nitrogen and oxygen atoms in total. The van der Waals surface area contributed by atoms with Gasteiger partial charge in [-0.05, 0) is 30.5 Å². The van der Waals surface area contributed by atoms with Crippen LogP contribution in [0.4, 0.5) is 8.78 Å². The first-order valence-corrected chi connectivity index (χ1v) is 7.64. The van der Waals surface area contributed by atoms with Crippen molar-refractivity contribution in [1.29, 1.82) is 0 Å². The van der Waals surface area contributed by atoms with E-state index >= 15 is 0 Å². The number of nitrogens with one attached hydrogen (secondary N) is 1. The lowest BCUT2D eigenvalue weighted by Crippen LogP contribution is -2.42. The lowest BCUT2D eigenvalue weighted by atomic mass is 9.88. The van der Waals surface area contributed by atoms with Crippen molar-refractivity contribution in [3.63, 3.8) is 0 Å². The van der Waals surface area contributed by atoms with E-state index in [9.17, 15) is 8.78 Å². The monoisotopic (exact) mass is 287 g/mol. The van der Waals surface area contributed by atoms with Gasteiger partial charge in [0.25, 0.3) is 0 Å². The normalized spacial score (nSPS) is 13.6. The van der Waals surface area contributed by atoms with Gasteiger partial charge in [-0.1, -0.05) is 27.7 Å². The number of halogens is 2. The molecule has 0 amide bonds. The van der Waals surface area contributed by atoms with Crippen LogP contribution in [0.3, 0.4) is 0 Å². The van der Waals surface area contributed by atoms with Crippen LogP contribution in [0.2, 0.25) is 0 Å². The molecule has 0 heterocycles. The Kier molecular flexibility index (Phi) is 6.27. The summed E-state index contributed by atoms with van der Waals surface area (Å²) in [6, 6.07) is 4.04. The molecule has 1 aromatic rings. The fourth-order valence-electron chi connectivity index (χ4n) is 1.70.